The van der Waals surface area contributed by atoms with E-state index in [0.717, 1.165) is 32.0 Å². The molecule has 6 nitrogen and oxygen atoms in total. The van der Waals surface area contributed by atoms with Crippen LogP contribution < -0.4 is 10.0 Å². The summed E-state index contributed by atoms with van der Waals surface area (Å²) in [5.41, 5.74) is -5.24. The number of unbranched alkanes of at least 4 members (excludes halogenated alkanes) is 1. The zero-order valence-electron chi connectivity index (χ0n) is 13.1. The third kappa shape index (κ3) is 3.55. The molecule has 2 fully saturated rings. The number of alkyl halides is 3. The number of allylic oxidation sites excluding steroid dienone is 2. The van der Waals surface area contributed by atoms with Gasteiger partial charge in [0.15, 0.2) is 0 Å². The summed E-state index contributed by atoms with van der Waals surface area (Å²) in [6.45, 7) is 3.24. The van der Waals surface area contributed by atoms with Crippen LogP contribution in [0.2, 0.25) is 0 Å². The zero-order valence-corrected chi connectivity index (χ0v) is 13.9. The quantitative estimate of drug-likeness (QED) is 0.673. The summed E-state index contributed by atoms with van der Waals surface area (Å²) < 4.78 is 60.0. The van der Waals surface area contributed by atoms with Crippen LogP contribution in [0.3, 0.4) is 0 Å². The van der Waals surface area contributed by atoms with E-state index in [1.807, 2.05) is 6.08 Å². The average Bonchev–Trinajstić information content (AvgIpc) is 2.91. The Morgan fingerprint density at radius 2 is 2.08 bits per heavy atom. The normalized spacial score (nSPS) is 27.0. The smallest absolute Gasteiger partial charge is 0.370 e. The Kier molecular flexibility index (Phi) is 4.80. The minimum atomic E-state index is -5.24. The van der Waals surface area contributed by atoms with Gasteiger partial charge < -0.3 is 10.2 Å². The van der Waals surface area contributed by atoms with Crippen molar-refractivity contribution in [1.82, 2.24) is 19.8 Å². The number of halogens is 3. The Balaban J connectivity index is 1.41. The van der Waals surface area contributed by atoms with E-state index in [9.17, 15) is 21.6 Å². The lowest BCUT2D eigenvalue weighted by atomic mass is 10.0. The van der Waals surface area contributed by atoms with Crippen molar-refractivity contribution in [1.29, 1.82) is 0 Å². The van der Waals surface area contributed by atoms with Crippen LogP contribution in [-0.2, 0) is 10.0 Å². The number of sulfonamides is 1. The first kappa shape index (κ1) is 17.6. The van der Waals surface area contributed by atoms with Crippen LogP contribution in [0.1, 0.15) is 12.8 Å². The van der Waals surface area contributed by atoms with E-state index in [4.69, 9.17) is 0 Å². The van der Waals surface area contributed by atoms with E-state index in [2.05, 4.69) is 27.3 Å². The molecule has 3 rings (SSSR count). The SMILES string of the molecule is O=S(=O)(NCCCCN1CC2C=CC=C3NCC(C1)N32)C(F)(F)F. The van der Waals surface area contributed by atoms with Crippen molar-refractivity contribution in [3.05, 3.63) is 24.0 Å². The molecule has 136 valence electrons. The predicted octanol–water partition coefficient (Wildman–Crippen LogP) is 0.575. The summed E-state index contributed by atoms with van der Waals surface area (Å²) in [7, 11) is -5.22. The summed E-state index contributed by atoms with van der Waals surface area (Å²) in [4.78, 5) is 4.68. The highest BCUT2D eigenvalue weighted by atomic mass is 32.2. The predicted molar refractivity (Wildman–Crippen MR) is 83.3 cm³/mol. The maximum atomic E-state index is 12.2. The number of hydrogen-bond acceptors (Lipinski definition) is 5. The highest BCUT2D eigenvalue weighted by Gasteiger charge is 2.45. The number of piperazine rings is 1. The summed E-state index contributed by atoms with van der Waals surface area (Å²) in [5, 5.41) is 3.38. The molecule has 0 radical (unpaired) electrons. The van der Waals surface area contributed by atoms with Gasteiger partial charge in [-0.15, -0.1) is 0 Å². The molecule has 0 aliphatic carbocycles. The number of rotatable bonds is 6. The van der Waals surface area contributed by atoms with Gasteiger partial charge in [-0.3, -0.25) is 4.90 Å². The second kappa shape index (κ2) is 6.57. The van der Waals surface area contributed by atoms with Gasteiger partial charge in [0.1, 0.15) is 5.82 Å². The molecule has 3 aliphatic rings. The number of hydrogen-bond donors (Lipinski definition) is 2. The molecule has 2 saturated heterocycles. The van der Waals surface area contributed by atoms with Crippen molar-refractivity contribution in [3.63, 3.8) is 0 Å². The van der Waals surface area contributed by atoms with E-state index >= 15 is 0 Å². The topological polar surface area (TPSA) is 64.7 Å². The van der Waals surface area contributed by atoms with Crippen molar-refractivity contribution < 1.29 is 21.6 Å². The Bertz CT molecular complexity index is 632. The summed E-state index contributed by atoms with van der Waals surface area (Å²) in [6, 6.07) is 0.728. The third-order valence-electron chi connectivity index (χ3n) is 4.55. The molecule has 0 aromatic rings. The summed E-state index contributed by atoms with van der Waals surface area (Å²) >= 11 is 0. The second-order valence-electron chi connectivity index (χ2n) is 6.26. The van der Waals surface area contributed by atoms with Gasteiger partial charge in [0.05, 0.1) is 12.1 Å². The first-order chi connectivity index (χ1) is 11.3. The van der Waals surface area contributed by atoms with Gasteiger partial charge in [0, 0.05) is 26.2 Å². The van der Waals surface area contributed by atoms with Gasteiger partial charge in [-0.2, -0.15) is 13.2 Å². The maximum absolute atomic E-state index is 12.2. The van der Waals surface area contributed by atoms with Gasteiger partial charge in [0.2, 0.25) is 0 Å². The largest absolute Gasteiger partial charge is 0.511 e. The lowest BCUT2D eigenvalue weighted by molar-refractivity contribution is -0.0447. The van der Waals surface area contributed by atoms with Crippen LogP contribution in [0.25, 0.3) is 0 Å². The van der Waals surface area contributed by atoms with Gasteiger partial charge in [0.25, 0.3) is 0 Å². The van der Waals surface area contributed by atoms with E-state index < -0.39 is 15.5 Å². The fraction of sp³-hybridized carbons (Fsp3) is 0.714. The lowest BCUT2D eigenvalue weighted by Gasteiger charge is -2.44. The van der Waals surface area contributed by atoms with Gasteiger partial charge in [-0.25, -0.2) is 13.1 Å². The molecule has 0 spiro atoms. The molecular weight excluding hydrogens is 345 g/mol. The standard InChI is InChI=1S/C14H21F3N4O2S/c15-14(16,17)24(22,23)19-6-1-2-7-20-9-11-4-3-5-13-18-8-12(10-20)21(11)13/h3-5,11-12,18-19H,1-2,6-10H2. The Morgan fingerprint density at radius 3 is 2.83 bits per heavy atom. The molecule has 0 bridgehead atoms. The molecule has 2 unspecified atom stereocenters. The Morgan fingerprint density at radius 1 is 1.29 bits per heavy atom. The van der Waals surface area contributed by atoms with Crippen LogP contribution in [0.4, 0.5) is 13.2 Å². The van der Waals surface area contributed by atoms with Gasteiger partial charge in [-0.1, -0.05) is 12.2 Å². The van der Waals surface area contributed by atoms with E-state index in [0.29, 0.717) is 24.9 Å². The molecule has 3 heterocycles. The van der Waals surface area contributed by atoms with E-state index in [-0.39, 0.29) is 6.54 Å². The van der Waals surface area contributed by atoms with Crippen LogP contribution >= 0.6 is 0 Å². The van der Waals surface area contributed by atoms with Crippen LogP contribution in [0.5, 0.6) is 0 Å². The van der Waals surface area contributed by atoms with Crippen LogP contribution in [0, 0.1) is 0 Å². The monoisotopic (exact) mass is 366 g/mol. The molecule has 0 saturated carbocycles. The maximum Gasteiger partial charge on any atom is 0.511 e. The van der Waals surface area contributed by atoms with E-state index in [1.165, 1.54) is 0 Å². The molecule has 2 N–H and O–H groups in total. The minimum absolute atomic E-state index is 0.191. The highest BCUT2D eigenvalue weighted by molar-refractivity contribution is 7.90. The van der Waals surface area contributed by atoms with Crippen molar-refractivity contribution in [2.45, 2.75) is 30.4 Å². The fourth-order valence-corrected chi connectivity index (χ4v) is 4.02. The zero-order chi connectivity index (χ0) is 17.4. The lowest BCUT2D eigenvalue weighted by Crippen LogP contribution is -2.56. The second-order valence-corrected chi connectivity index (χ2v) is 8.01. The number of nitrogens with zero attached hydrogens (tertiary/aromatic N) is 2. The van der Waals surface area contributed by atoms with Crippen LogP contribution in [-0.4, -0.2) is 68.5 Å². The van der Waals surface area contributed by atoms with Crippen LogP contribution in [0.15, 0.2) is 24.0 Å². The first-order valence-electron chi connectivity index (χ1n) is 7.97. The average molecular weight is 366 g/mol. The molecule has 0 aromatic carbocycles. The van der Waals surface area contributed by atoms with E-state index in [1.54, 1.807) is 4.72 Å². The Hall–Kier alpha value is -1.26. The highest BCUT2D eigenvalue weighted by Crippen LogP contribution is 2.28. The van der Waals surface area contributed by atoms with Crippen molar-refractivity contribution in [3.8, 4) is 0 Å². The third-order valence-corrected chi connectivity index (χ3v) is 5.74. The summed E-state index contributed by atoms with van der Waals surface area (Å²) in [5.74, 6) is 1.16. The molecule has 0 amide bonds. The van der Waals surface area contributed by atoms with Crippen molar-refractivity contribution in [2.24, 2.45) is 0 Å². The molecule has 0 aromatic heterocycles. The Labute approximate surface area is 139 Å². The van der Waals surface area contributed by atoms with Crippen molar-refractivity contribution >= 4 is 10.0 Å². The minimum Gasteiger partial charge on any atom is -0.370 e. The molecule has 10 heteroatoms. The molecular formula is C14H21F3N4O2S. The van der Waals surface area contributed by atoms with Gasteiger partial charge in [-0.05, 0) is 25.5 Å². The fourth-order valence-electron chi connectivity index (χ4n) is 3.44. The first-order valence-corrected chi connectivity index (χ1v) is 9.45. The molecule has 3 aliphatic heterocycles. The van der Waals surface area contributed by atoms with Gasteiger partial charge >= 0.3 is 15.5 Å². The molecule has 24 heavy (non-hydrogen) atoms. The number of nitrogens with one attached hydrogen (secondary N) is 2. The van der Waals surface area contributed by atoms with Crippen molar-refractivity contribution in [2.75, 3.05) is 32.7 Å². The molecule has 2 atom stereocenters. The summed E-state index contributed by atoms with van der Waals surface area (Å²) in [6.07, 6.45) is 7.30.